The molecule has 0 aromatic rings. The summed E-state index contributed by atoms with van der Waals surface area (Å²) in [5.41, 5.74) is 1.41. The van der Waals surface area contributed by atoms with Crippen LogP contribution < -0.4 is 0 Å². The summed E-state index contributed by atoms with van der Waals surface area (Å²) in [7, 11) is 0. The van der Waals surface area contributed by atoms with Gasteiger partial charge in [-0.1, -0.05) is 18.6 Å². The van der Waals surface area contributed by atoms with Gasteiger partial charge in [0.1, 0.15) is 0 Å². The van der Waals surface area contributed by atoms with Crippen LogP contribution in [0.1, 0.15) is 46.5 Å². The quantitative estimate of drug-likeness (QED) is 0.655. The van der Waals surface area contributed by atoms with Crippen LogP contribution in [0.2, 0.25) is 0 Å². The molecule has 2 aliphatic carbocycles. The first kappa shape index (κ1) is 11.2. The van der Waals surface area contributed by atoms with E-state index in [9.17, 15) is 5.11 Å². The largest absolute Gasteiger partial charge is 0.393 e. The SMILES string of the molecule is CC(C)=C[C@@H]1CC[C@@H](C)[C@H]2CCC(O)[C@@H]21. The summed E-state index contributed by atoms with van der Waals surface area (Å²) in [5, 5.41) is 10.1. The zero-order valence-electron chi connectivity index (χ0n) is 10.2. The molecule has 1 N–H and O–H groups in total. The van der Waals surface area contributed by atoms with Gasteiger partial charge in [0, 0.05) is 0 Å². The van der Waals surface area contributed by atoms with E-state index in [1.165, 1.54) is 24.8 Å². The highest BCUT2D eigenvalue weighted by Gasteiger charge is 2.44. The Balaban J connectivity index is 2.16. The molecule has 15 heavy (non-hydrogen) atoms. The van der Waals surface area contributed by atoms with Crippen molar-refractivity contribution >= 4 is 0 Å². The molecule has 5 atom stereocenters. The van der Waals surface area contributed by atoms with Gasteiger partial charge >= 0.3 is 0 Å². The average molecular weight is 208 g/mol. The van der Waals surface area contributed by atoms with Crippen molar-refractivity contribution in [3.05, 3.63) is 11.6 Å². The molecule has 0 saturated heterocycles. The summed E-state index contributed by atoms with van der Waals surface area (Å²) < 4.78 is 0. The lowest BCUT2D eigenvalue weighted by atomic mass is 9.68. The van der Waals surface area contributed by atoms with Crippen molar-refractivity contribution in [2.45, 2.75) is 52.6 Å². The van der Waals surface area contributed by atoms with E-state index in [1.807, 2.05) is 0 Å². The monoisotopic (exact) mass is 208 g/mol. The lowest BCUT2D eigenvalue weighted by Gasteiger charge is -2.38. The Bertz CT molecular complexity index is 252. The molecule has 0 amide bonds. The van der Waals surface area contributed by atoms with Gasteiger partial charge in [0.15, 0.2) is 0 Å². The molecule has 0 aliphatic heterocycles. The van der Waals surface area contributed by atoms with Crippen molar-refractivity contribution in [2.75, 3.05) is 0 Å². The maximum absolute atomic E-state index is 10.1. The van der Waals surface area contributed by atoms with Crippen molar-refractivity contribution in [1.82, 2.24) is 0 Å². The molecule has 0 bridgehead atoms. The van der Waals surface area contributed by atoms with Crippen LogP contribution in [0.5, 0.6) is 0 Å². The summed E-state index contributed by atoms with van der Waals surface area (Å²) in [6.07, 6.45) is 7.29. The van der Waals surface area contributed by atoms with E-state index in [2.05, 4.69) is 26.8 Å². The van der Waals surface area contributed by atoms with Crippen molar-refractivity contribution in [3.8, 4) is 0 Å². The third-order valence-corrected chi connectivity index (χ3v) is 4.46. The summed E-state index contributed by atoms with van der Waals surface area (Å²) >= 11 is 0. The van der Waals surface area contributed by atoms with E-state index in [-0.39, 0.29) is 6.10 Å². The van der Waals surface area contributed by atoms with Crippen molar-refractivity contribution in [3.63, 3.8) is 0 Å². The Labute approximate surface area is 93.6 Å². The van der Waals surface area contributed by atoms with E-state index < -0.39 is 0 Å². The second-order valence-electron chi connectivity index (χ2n) is 5.85. The van der Waals surface area contributed by atoms with Crippen molar-refractivity contribution in [2.24, 2.45) is 23.7 Å². The maximum Gasteiger partial charge on any atom is 0.0576 e. The Morgan fingerprint density at radius 3 is 2.53 bits per heavy atom. The minimum absolute atomic E-state index is 0.0293. The topological polar surface area (TPSA) is 20.2 Å². The summed E-state index contributed by atoms with van der Waals surface area (Å²) in [6.45, 7) is 6.72. The summed E-state index contributed by atoms with van der Waals surface area (Å²) in [4.78, 5) is 0. The zero-order chi connectivity index (χ0) is 11.0. The highest BCUT2D eigenvalue weighted by Crippen LogP contribution is 2.48. The van der Waals surface area contributed by atoms with Crippen LogP contribution in [0, 0.1) is 23.7 Å². The second kappa shape index (κ2) is 4.29. The fourth-order valence-electron chi connectivity index (χ4n) is 3.78. The number of aliphatic hydroxyl groups is 1. The predicted octanol–water partition coefficient (Wildman–Crippen LogP) is 3.39. The third kappa shape index (κ3) is 2.13. The Morgan fingerprint density at radius 1 is 1.13 bits per heavy atom. The lowest BCUT2D eigenvalue weighted by Crippen LogP contribution is -2.34. The molecule has 2 aliphatic rings. The van der Waals surface area contributed by atoms with Crippen LogP contribution in [-0.4, -0.2) is 11.2 Å². The molecule has 0 aromatic heterocycles. The minimum atomic E-state index is -0.0293. The molecule has 1 nitrogen and oxygen atoms in total. The number of allylic oxidation sites excluding steroid dienone is 2. The third-order valence-electron chi connectivity index (χ3n) is 4.46. The maximum atomic E-state index is 10.1. The molecule has 1 heteroatoms. The van der Waals surface area contributed by atoms with Crippen LogP contribution >= 0.6 is 0 Å². The molecule has 0 radical (unpaired) electrons. The first-order valence-electron chi connectivity index (χ1n) is 6.42. The molecular weight excluding hydrogens is 184 g/mol. The Kier molecular flexibility index (Phi) is 3.20. The van der Waals surface area contributed by atoms with Gasteiger partial charge in [0.05, 0.1) is 6.10 Å². The van der Waals surface area contributed by atoms with Gasteiger partial charge in [0.2, 0.25) is 0 Å². The van der Waals surface area contributed by atoms with Crippen LogP contribution in [0.4, 0.5) is 0 Å². The fourth-order valence-corrected chi connectivity index (χ4v) is 3.78. The van der Waals surface area contributed by atoms with Gasteiger partial charge in [-0.05, 0) is 63.2 Å². The zero-order valence-corrected chi connectivity index (χ0v) is 10.2. The Hall–Kier alpha value is -0.300. The number of fused-ring (bicyclic) bond motifs is 1. The van der Waals surface area contributed by atoms with Crippen LogP contribution in [-0.2, 0) is 0 Å². The van der Waals surface area contributed by atoms with E-state index in [1.54, 1.807) is 0 Å². The number of aliphatic hydroxyl groups excluding tert-OH is 1. The highest BCUT2D eigenvalue weighted by molar-refractivity contribution is 5.05. The Morgan fingerprint density at radius 2 is 1.87 bits per heavy atom. The van der Waals surface area contributed by atoms with E-state index in [4.69, 9.17) is 0 Å². The molecule has 0 spiro atoms. The summed E-state index contributed by atoms with van der Waals surface area (Å²) in [5.74, 6) is 2.82. The lowest BCUT2D eigenvalue weighted by molar-refractivity contribution is 0.0494. The molecule has 2 saturated carbocycles. The van der Waals surface area contributed by atoms with Gasteiger partial charge < -0.3 is 5.11 Å². The number of hydrogen-bond acceptors (Lipinski definition) is 1. The number of hydrogen-bond donors (Lipinski definition) is 1. The van der Waals surface area contributed by atoms with Gasteiger partial charge in [-0.3, -0.25) is 0 Å². The predicted molar refractivity (Wildman–Crippen MR) is 63.5 cm³/mol. The van der Waals surface area contributed by atoms with Crippen molar-refractivity contribution < 1.29 is 5.11 Å². The van der Waals surface area contributed by atoms with Crippen LogP contribution in [0.3, 0.4) is 0 Å². The first-order chi connectivity index (χ1) is 7.09. The molecular formula is C14H24O. The van der Waals surface area contributed by atoms with Crippen LogP contribution in [0.25, 0.3) is 0 Å². The fraction of sp³-hybridized carbons (Fsp3) is 0.857. The molecule has 86 valence electrons. The molecule has 0 aromatic carbocycles. The van der Waals surface area contributed by atoms with Gasteiger partial charge in [-0.15, -0.1) is 0 Å². The minimum Gasteiger partial charge on any atom is -0.393 e. The van der Waals surface area contributed by atoms with Gasteiger partial charge in [0.25, 0.3) is 0 Å². The van der Waals surface area contributed by atoms with Gasteiger partial charge in [-0.2, -0.15) is 0 Å². The van der Waals surface area contributed by atoms with Crippen LogP contribution in [0.15, 0.2) is 11.6 Å². The molecule has 0 heterocycles. The second-order valence-corrected chi connectivity index (χ2v) is 5.85. The average Bonchev–Trinajstić information content (AvgIpc) is 2.54. The smallest absolute Gasteiger partial charge is 0.0576 e. The van der Waals surface area contributed by atoms with E-state index >= 15 is 0 Å². The summed E-state index contributed by atoms with van der Waals surface area (Å²) in [6, 6.07) is 0. The standard InChI is InChI=1S/C14H24O/c1-9(2)8-11-5-4-10(3)12-6-7-13(15)14(11)12/h8,10-15H,4-7H2,1-3H3/t10-,11+,12-,13?,14-/m1/s1. The molecule has 2 rings (SSSR count). The number of rotatable bonds is 1. The van der Waals surface area contributed by atoms with Gasteiger partial charge in [-0.25, -0.2) is 0 Å². The van der Waals surface area contributed by atoms with Crippen molar-refractivity contribution in [1.29, 1.82) is 0 Å². The van der Waals surface area contributed by atoms with E-state index in [0.717, 1.165) is 18.3 Å². The highest BCUT2D eigenvalue weighted by atomic mass is 16.3. The molecule has 2 fully saturated rings. The first-order valence-corrected chi connectivity index (χ1v) is 6.42. The molecule has 1 unspecified atom stereocenters. The van der Waals surface area contributed by atoms with E-state index in [0.29, 0.717) is 11.8 Å². The normalized spacial score (nSPS) is 44.9.